The predicted molar refractivity (Wildman–Crippen MR) is 43.1 cm³/mol. The number of alkyl halides is 4. The summed E-state index contributed by atoms with van der Waals surface area (Å²) in [6.45, 7) is 0. The molecule has 0 amide bonds. The highest BCUT2D eigenvalue weighted by molar-refractivity contribution is 6.22. The molecular weight excluding hydrogens is 225 g/mol. The lowest BCUT2D eigenvalue weighted by Gasteiger charge is -2.27. The molecule has 0 aliphatic carbocycles. The quantitative estimate of drug-likeness (QED) is 0.297. The lowest BCUT2D eigenvalue weighted by molar-refractivity contribution is -0.597. The largest absolute Gasteiger partial charge is 0.468 e. The first-order valence-electron chi connectivity index (χ1n) is 3.38. The number of hydrogen-bond donors (Lipinski definition) is 0. The minimum atomic E-state index is -5.07. The minimum Gasteiger partial charge on any atom is -0.265 e. The van der Waals surface area contributed by atoms with E-state index in [0.717, 1.165) is 12.3 Å². The van der Waals surface area contributed by atoms with E-state index < -0.39 is 22.1 Å². The van der Waals surface area contributed by atoms with Crippen LogP contribution in [0.4, 0.5) is 13.2 Å². The van der Waals surface area contributed by atoms with Gasteiger partial charge in [0.05, 0.1) is 0 Å². The van der Waals surface area contributed by atoms with Gasteiger partial charge in [0.2, 0.25) is 5.50 Å². The van der Waals surface area contributed by atoms with E-state index in [1.165, 1.54) is 0 Å². The lowest BCUT2D eigenvalue weighted by Crippen LogP contribution is -2.57. The van der Waals surface area contributed by atoms with Gasteiger partial charge in [-0.15, -0.1) is 0 Å². The normalized spacial score (nSPS) is 31.9. The molecule has 0 bridgehead atoms. The molecule has 0 spiro atoms. The summed E-state index contributed by atoms with van der Waals surface area (Å²) in [6, 6.07) is 0. The average Bonchev–Trinajstić information content (AvgIpc) is 2.02. The van der Waals surface area contributed by atoms with Crippen LogP contribution in [0.1, 0.15) is 0 Å². The maximum absolute atomic E-state index is 12.4. The van der Waals surface area contributed by atoms with E-state index >= 15 is 0 Å². The molecule has 0 fully saturated rings. The Bertz CT molecular complexity index is 315. The van der Waals surface area contributed by atoms with Crippen LogP contribution in [0.2, 0.25) is 0 Å². The topological polar surface area (TPSA) is 55.5 Å². The van der Waals surface area contributed by atoms with Gasteiger partial charge in [0.15, 0.2) is 0 Å². The summed E-state index contributed by atoms with van der Waals surface area (Å²) in [6.07, 6.45) is -2.82. The van der Waals surface area contributed by atoms with Crippen LogP contribution < -0.4 is 0 Å². The van der Waals surface area contributed by atoms with Crippen molar-refractivity contribution in [2.45, 2.75) is 17.2 Å². The number of aliphatic imine (C=N–C) groups is 1. The predicted octanol–water partition coefficient (Wildman–Crippen LogP) is 1.77. The molecule has 0 aromatic heterocycles. The van der Waals surface area contributed by atoms with Crippen LogP contribution in [0.3, 0.4) is 0 Å². The standard InChI is InChI=1S/C6H4ClF3N2O2/c7-4-5(12(13)14,6(8,9)10)2-1-3-11-4/h1-4H. The van der Waals surface area contributed by atoms with Crippen molar-refractivity contribution in [2.75, 3.05) is 0 Å². The molecule has 4 nitrogen and oxygen atoms in total. The third-order valence-electron chi connectivity index (χ3n) is 1.77. The Balaban J connectivity index is 3.25. The van der Waals surface area contributed by atoms with E-state index in [2.05, 4.69) is 4.99 Å². The SMILES string of the molecule is O=[N+]([O-])C1(C(F)(F)F)C=CC=NC1Cl. The fourth-order valence-corrected chi connectivity index (χ4v) is 1.33. The van der Waals surface area contributed by atoms with E-state index in [1.807, 2.05) is 0 Å². The molecule has 2 unspecified atom stereocenters. The van der Waals surface area contributed by atoms with E-state index in [9.17, 15) is 23.3 Å². The van der Waals surface area contributed by atoms with Crippen molar-refractivity contribution in [1.29, 1.82) is 0 Å². The highest BCUT2D eigenvalue weighted by atomic mass is 35.5. The zero-order valence-electron chi connectivity index (χ0n) is 6.53. The second-order valence-electron chi connectivity index (χ2n) is 2.57. The zero-order valence-corrected chi connectivity index (χ0v) is 7.29. The summed E-state index contributed by atoms with van der Waals surface area (Å²) in [7, 11) is 0. The first kappa shape index (κ1) is 11.0. The number of dihydropyridines is 1. The Morgan fingerprint density at radius 3 is 2.43 bits per heavy atom. The van der Waals surface area contributed by atoms with Crippen LogP contribution >= 0.6 is 11.6 Å². The van der Waals surface area contributed by atoms with Gasteiger partial charge >= 0.3 is 11.7 Å². The van der Waals surface area contributed by atoms with Gasteiger partial charge in [-0.05, 0) is 6.08 Å². The number of hydrogen-bond acceptors (Lipinski definition) is 3. The molecule has 0 radical (unpaired) electrons. The maximum Gasteiger partial charge on any atom is 0.468 e. The smallest absolute Gasteiger partial charge is 0.265 e. The van der Waals surface area contributed by atoms with Gasteiger partial charge in [0.25, 0.3) is 0 Å². The van der Waals surface area contributed by atoms with Crippen LogP contribution in [-0.4, -0.2) is 28.4 Å². The molecule has 1 aliphatic heterocycles. The summed E-state index contributed by atoms with van der Waals surface area (Å²) in [4.78, 5) is 12.1. The second kappa shape index (κ2) is 3.23. The molecule has 78 valence electrons. The maximum atomic E-state index is 12.4. The summed E-state index contributed by atoms with van der Waals surface area (Å²) in [5, 5.41) is 10.4. The van der Waals surface area contributed by atoms with Crippen LogP contribution in [0.5, 0.6) is 0 Å². The van der Waals surface area contributed by atoms with Gasteiger partial charge in [-0.2, -0.15) is 13.2 Å². The van der Waals surface area contributed by atoms with Crippen molar-refractivity contribution in [3.63, 3.8) is 0 Å². The fraction of sp³-hybridized carbons (Fsp3) is 0.500. The number of nitrogens with zero attached hydrogens (tertiary/aromatic N) is 2. The van der Waals surface area contributed by atoms with Gasteiger partial charge in [0, 0.05) is 17.2 Å². The molecular formula is C6H4ClF3N2O2. The van der Waals surface area contributed by atoms with Crippen molar-refractivity contribution in [3.05, 3.63) is 22.3 Å². The van der Waals surface area contributed by atoms with Crippen molar-refractivity contribution >= 4 is 17.8 Å². The molecule has 8 heteroatoms. The second-order valence-corrected chi connectivity index (χ2v) is 2.99. The number of allylic oxidation sites excluding steroid dienone is 1. The van der Waals surface area contributed by atoms with Gasteiger partial charge < -0.3 is 0 Å². The minimum absolute atomic E-state index is 0.400. The average molecular weight is 229 g/mol. The molecule has 0 saturated heterocycles. The highest BCUT2D eigenvalue weighted by Crippen LogP contribution is 2.40. The Kier molecular flexibility index (Phi) is 2.53. The van der Waals surface area contributed by atoms with Crippen molar-refractivity contribution in [2.24, 2.45) is 4.99 Å². The molecule has 1 rings (SSSR count). The highest BCUT2D eigenvalue weighted by Gasteiger charge is 2.69. The van der Waals surface area contributed by atoms with Crippen molar-refractivity contribution in [3.8, 4) is 0 Å². The Morgan fingerprint density at radius 2 is 2.14 bits per heavy atom. The Morgan fingerprint density at radius 1 is 1.57 bits per heavy atom. The third kappa shape index (κ3) is 1.37. The van der Waals surface area contributed by atoms with Crippen LogP contribution in [0, 0.1) is 10.1 Å². The van der Waals surface area contributed by atoms with Gasteiger partial charge in [-0.3, -0.25) is 15.1 Å². The molecule has 2 atom stereocenters. The molecule has 14 heavy (non-hydrogen) atoms. The molecule has 1 heterocycles. The van der Waals surface area contributed by atoms with Crippen molar-refractivity contribution in [1.82, 2.24) is 0 Å². The Labute approximate surface area is 81.2 Å². The van der Waals surface area contributed by atoms with E-state index in [4.69, 9.17) is 11.6 Å². The summed E-state index contributed by atoms with van der Waals surface area (Å²) < 4.78 is 37.3. The number of rotatable bonds is 1. The van der Waals surface area contributed by atoms with Crippen LogP contribution in [0.15, 0.2) is 17.1 Å². The van der Waals surface area contributed by atoms with E-state index in [1.54, 1.807) is 0 Å². The lowest BCUT2D eigenvalue weighted by atomic mass is 9.97. The van der Waals surface area contributed by atoms with Gasteiger partial charge in [0.1, 0.15) is 0 Å². The number of halogens is 4. The molecule has 0 N–H and O–H groups in total. The van der Waals surface area contributed by atoms with Crippen LogP contribution in [0.25, 0.3) is 0 Å². The molecule has 0 aromatic carbocycles. The third-order valence-corrected chi connectivity index (χ3v) is 2.22. The van der Waals surface area contributed by atoms with Gasteiger partial charge in [-0.25, -0.2) is 0 Å². The molecule has 0 aromatic rings. The van der Waals surface area contributed by atoms with E-state index in [-0.39, 0.29) is 0 Å². The molecule has 0 saturated carbocycles. The Hall–Kier alpha value is -1.11. The first-order valence-corrected chi connectivity index (χ1v) is 3.82. The van der Waals surface area contributed by atoms with Crippen molar-refractivity contribution < 1.29 is 18.1 Å². The molecule has 1 aliphatic rings. The first-order chi connectivity index (χ1) is 6.32. The van der Waals surface area contributed by atoms with Gasteiger partial charge in [-0.1, -0.05) is 11.6 Å². The van der Waals surface area contributed by atoms with E-state index in [0.29, 0.717) is 6.08 Å². The van der Waals surface area contributed by atoms with Crippen LogP contribution in [-0.2, 0) is 0 Å². The summed E-state index contributed by atoms with van der Waals surface area (Å²) in [5.74, 6) is 0. The summed E-state index contributed by atoms with van der Waals surface area (Å²) in [5.41, 5.74) is -5.29. The number of nitro groups is 1. The fourth-order valence-electron chi connectivity index (χ4n) is 0.989. The monoisotopic (exact) mass is 228 g/mol. The zero-order chi connectivity index (χ0) is 11.0. The summed E-state index contributed by atoms with van der Waals surface area (Å²) >= 11 is 5.21.